The van der Waals surface area contributed by atoms with Gasteiger partial charge >= 0.3 is 0 Å². The van der Waals surface area contributed by atoms with Crippen LogP contribution in [0.2, 0.25) is 0 Å². The lowest BCUT2D eigenvalue weighted by Crippen LogP contribution is -2.49. The van der Waals surface area contributed by atoms with Gasteiger partial charge in [-0.2, -0.15) is 0 Å². The summed E-state index contributed by atoms with van der Waals surface area (Å²) in [7, 11) is 0. The highest BCUT2D eigenvalue weighted by atomic mass is 16.5. The lowest BCUT2D eigenvalue weighted by molar-refractivity contribution is -0.121. The number of anilines is 1. The molecule has 0 atom stereocenters. The minimum Gasteiger partial charge on any atom is -0.482 e. The van der Waals surface area contributed by atoms with E-state index in [1.165, 1.54) is 0 Å². The van der Waals surface area contributed by atoms with Crippen LogP contribution in [0.3, 0.4) is 0 Å². The summed E-state index contributed by atoms with van der Waals surface area (Å²) in [5.74, 6) is 1.64. The van der Waals surface area contributed by atoms with Crippen LogP contribution >= 0.6 is 0 Å². The summed E-state index contributed by atoms with van der Waals surface area (Å²) in [6.07, 6.45) is 3.30. The molecular weight excluding hydrogens is 406 g/mol. The number of aliphatic imine (C=N–C) groups is 1. The maximum Gasteiger partial charge on any atom is 0.265 e. The third-order valence-electron chi connectivity index (χ3n) is 5.75. The second-order valence-corrected chi connectivity index (χ2v) is 8.60. The zero-order valence-electron chi connectivity index (χ0n) is 19.8. The van der Waals surface area contributed by atoms with Crippen molar-refractivity contribution in [2.24, 2.45) is 4.99 Å². The Kier molecular flexibility index (Phi) is 9.62. The van der Waals surface area contributed by atoms with Crippen LogP contribution < -0.4 is 20.3 Å². The van der Waals surface area contributed by atoms with Crippen LogP contribution in [0.1, 0.15) is 40.0 Å². The number of benzene rings is 1. The van der Waals surface area contributed by atoms with Gasteiger partial charge in [0.2, 0.25) is 0 Å². The quantitative estimate of drug-likeness (QED) is 0.327. The standard InChI is InChI=1S/C24H39N5O3/c1-4-25-24(27-20-10-14-28(15-11-20)16-17-31-19(2)3)26-12-7-13-29-21-8-5-6-9-22(21)32-18-23(29)30/h5-6,8-9,19-20H,4,7,10-18H2,1-3H3,(H2,25,26,27). The lowest BCUT2D eigenvalue weighted by atomic mass is 10.1. The highest BCUT2D eigenvalue weighted by molar-refractivity contribution is 5.97. The fourth-order valence-electron chi connectivity index (χ4n) is 4.05. The molecule has 0 unspecified atom stereocenters. The Morgan fingerprint density at radius 2 is 2.03 bits per heavy atom. The molecule has 1 fully saturated rings. The van der Waals surface area contributed by atoms with Crippen LogP contribution in [0.5, 0.6) is 5.75 Å². The molecular formula is C24H39N5O3. The van der Waals surface area contributed by atoms with Crippen molar-refractivity contribution in [2.75, 3.05) is 57.4 Å². The molecule has 0 radical (unpaired) electrons. The van der Waals surface area contributed by atoms with E-state index in [2.05, 4.69) is 36.3 Å². The van der Waals surface area contributed by atoms with E-state index in [0.717, 1.165) is 69.4 Å². The molecule has 1 saturated heterocycles. The summed E-state index contributed by atoms with van der Waals surface area (Å²) in [6.45, 7) is 12.4. The maximum atomic E-state index is 12.3. The zero-order chi connectivity index (χ0) is 22.8. The molecule has 2 aliphatic heterocycles. The second kappa shape index (κ2) is 12.6. The molecule has 0 spiro atoms. The van der Waals surface area contributed by atoms with E-state index in [-0.39, 0.29) is 12.5 Å². The number of nitrogens with zero attached hydrogens (tertiary/aromatic N) is 3. The van der Waals surface area contributed by atoms with E-state index in [1.54, 1.807) is 0 Å². The number of piperidine rings is 1. The molecule has 0 aliphatic carbocycles. The molecule has 2 N–H and O–H groups in total. The SMILES string of the molecule is CCNC(=NCCCN1C(=O)COc2ccccc21)NC1CCN(CCOC(C)C)CC1. The number of guanidine groups is 1. The average molecular weight is 446 g/mol. The van der Waals surface area contributed by atoms with E-state index in [0.29, 0.717) is 25.2 Å². The van der Waals surface area contributed by atoms with Crippen molar-refractivity contribution in [2.45, 2.75) is 52.2 Å². The van der Waals surface area contributed by atoms with Gasteiger partial charge in [0.25, 0.3) is 5.91 Å². The number of carbonyl (C=O) groups excluding carboxylic acids is 1. The first-order valence-corrected chi connectivity index (χ1v) is 12.0. The van der Waals surface area contributed by atoms with Crippen molar-refractivity contribution >= 4 is 17.6 Å². The molecule has 2 aliphatic rings. The molecule has 2 heterocycles. The highest BCUT2D eigenvalue weighted by Crippen LogP contribution is 2.31. The molecule has 178 valence electrons. The number of para-hydroxylation sites is 2. The Bertz CT molecular complexity index is 747. The number of ether oxygens (including phenoxy) is 2. The number of hydrogen-bond acceptors (Lipinski definition) is 5. The van der Waals surface area contributed by atoms with Crippen LogP contribution in [0.4, 0.5) is 5.69 Å². The molecule has 0 saturated carbocycles. The molecule has 1 aromatic carbocycles. The summed E-state index contributed by atoms with van der Waals surface area (Å²) in [5.41, 5.74) is 0.850. The molecule has 3 rings (SSSR count). The van der Waals surface area contributed by atoms with Gasteiger partial charge in [0.15, 0.2) is 12.6 Å². The number of fused-ring (bicyclic) bond motifs is 1. The third kappa shape index (κ3) is 7.38. The Hall–Kier alpha value is -2.32. The topological polar surface area (TPSA) is 78.4 Å². The summed E-state index contributed by atoms with van der Waals surface area (Å²) in [5, 5.41) is 6.95. The maximum absolute atomic E-state index is 12.3. The van der Waals surface area contributed by atoms with Crippen molar-refractivity contribution in [3.8, 4) is 5.75 Å². The second-order valence-electron chi connectivity index (χ2n) is 8.60. The Morgan fingerprint density at radius 3 is 2.78 bits per heavy atom. The number of likely N-dealkylation sites (tertiary alicyclic amines) is 1. The minimum absolute atomic E-state index is 0.00302. The molecule has 8 heteroatoms. The van der Waals surface area contributed by atoms with Crippen LogP contribution in [-0.4, -0.2) is 81.4 Å². The highest BCUT2D eigenvalue weighted by Gasteiger charge is 2.24. The van der Waals surface area contributed by atoms with E-state index in [9.17, 15) is 4.79 Å². The molecule has 1 amide bonds. The van der Waals surface area contributed by atoms with E-state index < -0.39 is 0 Å². The number of hydrogen-bond donors (Lipinski definition) is 2. The van der Waals surface area contributed by atoms with Crippen molar-refractivity contribution in [1.29, 1.82) is 0 Å². The van der Waals surface area contributed by atoms with Crippen molar-refractivity contribution in [1.82, 2.24) is 15.5 Å². The number of amides is 1. The molecule has 1 aromatic rings. The first-order valence-electron chi connectivity index (χ1n) is 12.0. The van der Waals surface area contributed by atoms with Gasteiger partial charge in [-0.3, -0.25) is 9.79 Å². The van der Waals surface area contributed by atoms with Gasteiger partial charge < -0.3 is 29.9 Å². The van der Waals surface area contributed by atoms with Gasteiger partial charge in [-0.15, -0.1) is 0 Å². The predicted octanol–water partition coefficient (Wildman–Crippen LogP) is 2.25. The first kappa shape index (κ1) is 24.3. The zero-order valence-corrected chi connectivity index (χ0v) is 19.8. The smallest absolute Gasteiger partial charge is 0.265 e. The molecule has 0 bridgehead atoms. The van der Waals surface area contributed by atoms with Gasteiger partial charge in [-0.1, -0.05) is 12.1 Å². The van der Waals surface area contributed by atoms with Gasteiger partial charge in [0.05, 0.1) is 18.4 Å². The average Bonchev–Trinajstić information content (AvgIpc) is 2.79. The fourth-order valence-corrected chi connectivity index (χ4v) is 4.05. The normalized spacial score (nSPS) is 17.9. The number of carbonyl (C=O) groups is 1. The van der Waals surface area contributed by atoms with Gasteiger partial charge in [0, 0.05) is 45.3 Å². The van der Waals surface area contributed by atoms with Crippen LogP contribution in [0, 0.1) is 0 Å². The summed E-state index contributed by atoms with van der Waals surface area (Å²) in [4.78, 5) is 21.3. The van der Waals surface area contributed by atoms with Crippen LogP contribution in [0.15, 0.2) is 29.3 Å². The van der Waals surface area contributed by atoms with Crippen LogP contribution in [0.25, 0.3) is 0 Å². The van der Waals surface area contributed by atoms with Crippen molar-refractivity contribution in [3.05, 3.63) is 24.3 Å². The Balaban J connectivity index is 1.42. The third-order valence-corrected chi connectivity index (χ3v) is 5.75. The summed E-state index contributed by atoms with van der Waals surface area (Å²) >= 11 is 0. The fraction of sp³-hybridized carbons (Fsp3) is 0.667. The number of nitrogens with one attached hydrogen (secondary N) is 2. The number of rotatable bonds is 10. The lowest BCUT2D eigenvalue weighted by Gasteiger charge is -2.33. The summed E-state index contributed by atoms with van der Waals surface area (Å²) in [6, 6.07) is 8.13. The minimum atomic E-state index is 0.00302. The molecule has 8 nitrogen and oxygen atoms in total. The Labute approximate surface area is 192 Å². The van der Waals surface area contributed by atoms with E-state index in [4.69, 9.17) is 14.5 Å². The van der Waals surface area contributed by atoms with E-state index >= 15 is 0 Å². The van der Waals surface area contributed by atoms with Gasteiger partial charge in [-0.05, 0) is 52.2 Å². The molecule has 32 heavy (non-hydrogen) atoms. The predicted molar refractivity (Wildman–Crippen MR) is 129 cm³/mol. The van der Waals surface area contributed by atoms with E-state index in [1.807, 2.05) is 29.2 Å². The van der Waals surface area contributed by atoms with Gasteiger partial charge in [-0.25, -0.2) is 0 Å². The monoisotopic (exact) mass is 445 g/mol. The van der Waals surface area contributed by atoms with Crippen molar-refractivity contribution in [3.63, 3.8) is 0 Å². The van der Waals surface area contributed by atoms with Crippen molar-refractivity contribution < 1.29 is 14.3 Å². The largest absolute Gasteiger partial charge is 0.482 e. The van der Waals surface area contributed by atoms with Crippen LogP contribution in [-0.2, 0) is 9.53 Å². The first-order chi connectivity index (χ1) is 15.6. The van der Waals surface area contributed by atoms with Gasteiger partial charge in [0.1, 0.15) is 5.75 Å². The summed E-state index contributed by atoms with van der Waals surface area (Å²) < 4.78 is 11.2. The Morgan fingerprint density at radius 1 is 1.25 bits per heavy atom. The molecule has 0 aromatic heterocycles.